The summed E-state index contributed by atoms with van der Waals surface area (Å²) in [4.78, 5) is 36.0. The molecule has 0 rings (SSSR count). The first-order chi connectivity index (χ1) is 46.0. The molecule has 0 aliphatic heterocycles. The number of hydrogen-bond acceptors (Lipinski definition) is 7. The number of carbonyl (C=O) groups is 2. The summed E-state index contributed by atoms with van der Waals surface area (Å²) in [6.07, 6.45) is 110. The predicted octanol–water partition coefficient (Wildman–Crippen LogP) is 25.3. The second-order valence-electron chi connectivity index (χ2n) is 25.9. The fourth-order valence-corrected chi connectivity index (χ4v) is 10.8. The molecule has 2 atom stereocenters. The molecular weight excluding hydrogens is 1180 g/mol. The van der Waals surface area contributed by atoms with E-state index >= 15 is 0 Å². The zero-order valence-electron chi connectivity index (χ0n) is 60.9. The number of quaternary nitrogens is 1. The Labute approximate surface area is 578 Å². The van der Waals surface area contributed by atoms with Crippen LogP contribution in [0.3, 0.4) is 0 Å². The lowest BCUT2D eigenvalue weighted by molar-refractivity contribution is -0.870. The van der Waals surface area contributed by atoms with Gasteiger partial charge >= 0.3 is 19.8 Å². The Morgan fingerprint density at radius 1 is 0.330 bits per heavy atom. The number of phosphoric ester groups is 1. The second-order valence-corrected chi connectivity index (χ2v) is 27.4. The summed E-state index contributed by atoms with van der Waals surface area (Å²) < 4.78 is 34.8. The van der Waals surface area contributed by atoms with Gasteiger partial charge in [0.15, 0.2) is 6.10 Å². The predicted molar refractivity (Wildman–Crippen MR) is 408 cm³/mol. The van der Waals surface area contributed by atoms with E-state index in [2.05, 4.69) is 184 Å². The van der Waals surface area contributed by atoms with Crippen molar-refractivity contribution in [2.75, 3.05) is 47.5 Å². The molecule has 0 aliphatic rings. The maximum absolute atomic E-state index is 12.9. The van der Waals surface area contributed by atoms with Gasteiger partial charge in [0, 0.05) is 12.8 Å². The number of likely N-dealkylation sites (N-methyl/N-ethyl adjacent to an activating group) is 1. The number of carbonyl (C=O) groups excluding carboxylic acids is 2. The molecule has 534 valence electrons. The zero-order valence-corrected chi connectivity index (χ0v) is 61.8. The average molecular weight is 1320 g/mol. The number of allylic oxidation sites excluding steroid dienone is 28. The van der Waals surface area contributed by atoms with Gasteiger partial charge < -0.3 is 18.9 Å². The third kappa shape index (κ3) is 76.4. The van der Waals surface area contributed by atoms with E-state index in [-0.39, 0.29) is 32.0 Å². The van der Waals surface area contributed by atoms with Crippen LogP contribution >= 0.6 is 7.82 Å². The van der Waals surface area contributed by atoms with E-state index in [0.29, 0.717) is 17.4 Å². The highest BCUT2D eigenvalue weighted by molar-refractivity contribution is 7.47. The van der Waals surface area contributed by atoms with Crippen LogP contribution in [0, 0.1) is 0 Å². The van der Waals surface area contributed by atoms with Crippen molar-refractivity contribution < 1.29 is 42.1 Å². The van der Waals surface area contributed by atoms with Crippen LogP contribution in [0.4, 0.5) is 0 Å². The van der Waals surface area contributed by atoms with Gasteiger partial charge in [-0.15, -0.1) is 0 Å². The van der Waals surface area contributed by atoms with Crippen molar-refractivity contribution in [2.45, 2.75) is 302 Å². The molecule has 94 heavy (non-hydrogen) atoms. The minimum Gasteiger partial charge on any atom is -0.462 e. The van der Waals surface area contributed by atoms with E-state index in [4.69, 9.17) is 18.5 Å². The summed E-state index contributed by atoms with van der Waals surface area (Å²) in [5.41, 5.74) is 0. The van der Waals surface area contributed by atoms with Crippen LogP contribution in [0.5, 0.6) is 0 Å². The number of rotatable bonds is 68. The van der Waals surface area contributed by atoms with Gasteiger partial charge in [0.1, 0.15) is 19.8 Å². The van der Waals surface area contributed by atoms with Crippen LogP contribution in [0.2, 0.25) is 0 Å². The first-order valence-electron chi connectivity index (χ1n) is 37.9. The molecule has 9 nitrogen and oxygen atoms in total. The highest BCUT2D eigenvalue weighted by Gasteiger charge is 2.27. The van der Waals surface area contributed by atoms with Gasteiger partial charge in [-0.25, -0.2) is 4.57 Å². The van der Waals surface area contributed by atoms with Gasteiger partial charge in [-0.3, -0.25) is 18.6 Å². The molecule has 0 bridgehead atoms. The van der Waals surface area contributed by atoms with Gasteiger partial charge in [-0.1, -0.05) is 325 Å². The molecule has 0 saturated carbocycles. The quantitative estimate of drug-likeness (QED) is 0.0211. The molecule has 0 spiro atoms. The number of ether oxygens (including phenoxy) is 2. The fraction of sp³-hybridized carbons (Fsp3) is 0.643. The van der Waals surface area contributed by atoms with E-state index in [9.17, 15) is 19.0 Å². The second kappa shape index (κ2) is 72.6. The monoisotopic (exact) mass is 1320 g/mol. The topological polar surface area (TPSA) is 108 Å². The summed E-state index contributed by atoms with van der Waals surface area (Å²) >= 11 is 0. The van der Waals surface area contributed by atoms with Crippen LogP contribution in [0.1, 0.15) is 296 Å². The van der Waals surface area contributed by atoms with E-state index in [1.807, 2.05) is 21.1 Å². The number of hydrogen-bond donors (Lipinski definition) is 1. The third-order valence-electron chi connectivity index (χ3n) is 15.7. The molecule has 0 radical (unpaired) electrons. The highest BCUT2D eigenvalue weighted by Crippen LogP contribution is 2.43. The zero-order chi connectivity index (χ0) is 68.3. The van der Waals surface area contributed by atoms with Crippen molar-refractivity contribution in [2.24, 2.45) is 0 Å². The molecular formula is C84H141NO8P+. The summed E-state index contributed by atoms with van der Waals surface area (Å²) in [6.45, 7) is 4.21. The molecule has 0 aromatic rings. The molecule has 0 aromatic heterocycles. The van der Waals surface area contributed by atoms with Crippen molar-refractivity contribution >= 4 is 19.8 Å². The first-order valence-corrected chi connectivity index (χ1v) is 39.4. The summed E-state index contributed by atoms with van der Waals surface area (Å²) in [5.74, 6) is -0.804. The summed E-state index contributed by atoms with van der Waals surface area (Å²) in [6, 6.07) is 0. The largest absolute Gasteiger partial charge is 0.472 e. The Kier molecular flexibility index (Phi) is 69.1. The minimum atomic E-state index is -4.41. The summed E-state index contributed by atoms with van der Waals surface area (Å²) in [7, 11) is 1.46. The van der Waals surface area contributed by atoms with Crippen LogP contribution < -0.4 is 0 Å². The van der Waals surface area contributed by atoms with Crippen LogP contribution in [0.15, 0.2) is 170 Å². The molecule has 2 unspecified atom stereocenters. The average Bonchev–Trinajstić information content (AvgIpc) is 1.57. The van der Waals surface area contributed by atoms with E-state index < -0.39 is 26.5 Å². The minimum absolute atomic E-state index is 0.0244. The van der Waals surface area contributed by atoms with Crippen LogP contribution in [-0.2, 0) is 32.7 Å². The van der Waals surface area contributed by atoms with Crippen molar-refractivity contribution in [3.63, 3.8) is 0 Å². The first kappa shape index (κ1) is 89.4. The standard InChI is InChI=1S/C84H140NO8P/c1-6-8-10-12-14-16-18-20-22-24-26-28-30-32-34-36-37-38-39-40-41-42-43-44-45-46-47-49-51-53-55-57-59-61-63-65-67-69-71-73-75-77-84(87)93-82(81-92-94(88,89)91-79-78-85(3,4)5)80-90-83(86)76-74-72-70-68-66-64-62-60-58-56-54-52-50-48-35-33-31-29-27-25-23-21-19-17-15-13-11-9-7-2/h8-11,14-17,20-23,26-29,32-35,37-38,40-41,43-44,50,52,82H,6-7,12-13,18-19,24-25,30-31,36,39,42,45-49,51,53-81H2,1-5H3/p+1/b10-8-,11-9-,16-14-,17-15-,22-20-,23-21-,28-26-,29-27-,34-32-,35-33-,38-37-,41-40-,44-43-,52-50-. The van der Waals surface area contributed by atoms with Gasteiger partial charge in [0.05, 0.1) is 27.7 Å². The van der Waals surface area contributed by atoms with Crippen LogP contribution in [0.25, 0.3) is 0 Å². The SMILES string of the molecule is CC/C=C\C/C=C\C/C=C\C/C=C\C/C=C\C/C=C\C/C=C\C/C=C\CCCCCCCCCCCCCCCCCCC(=O)OC(COC(=O)CCCCCCCCCCCC/C=C\C/C=C\C/C=C\C/C=C\C/C=C\C/C=C\CC)COP(=O)(O)OCC[N+](C)(C)C. The molecule has 0 amide bonds. The number of nitrogens with zero attached hydrogens (tertiary/aromatic N) is 1. The smallest absolute Gasteiger partial charge is 0.462 e. The maximum atomic E-state index is 12.9. The van der Waals surface area contributed by atoms with Crippen molar-refractivity contribution in [1.82, 2.24) is 0 Å². The van der Waals surface area contributed by atoms with E-state index in [0.717, 1.165) is 141 Å². The highest BCUT2D eigenvalue weighted by atomic mass is 31.2. The number of unbranched alkanes of at least 4 members (excludes halogenated alkanes) is 26. The third-order valence-corrected chi connectivity index (χ3v) is 16.7. The van der Waals surface area contributed by atoms with Gasteiger partial charge in [0.2, 0.25) is 0 Å². The Bertz CT molecular complexity index is 2200. The molecule has 0 fully saturated rings. The molecule has 0 aromatic carbocycles. The van der Waals surface area contributed by atoms with E-state index in [1.54, 1.807) is 0 Å². The maximum Gasteiger partial charge on any atom is 0.472 e. The lowest BCUT2D eigenvalue weighted by Crippen LogP contribution is -2.37. The molecule has 10 heteroatoms. The van der Waals surface area contributed by atoms with Crippen molar-refractivity contribution in [3.05, 3.63) is 170 Å². The van der Waals surface area contributed by atoms with Crippen molar-refractivity contribution in [1.29, 1.82) is 0 Å². The molecule has 0 aliphatic carbocycles. The Morgan fingerprint density at radius 2 is 0.574 bits per heavy atom. The number of esters is 2. The van der Waals surface area contributed by atoms with Gasteiger partial charge in [-0.05, 0) is 128 Å². The normalized spacial score (nSPS) is 14.1. The van der Waals surface area contributed by atoms with Crippen LogP contribution in [-0.4, -0.2) is 74.9 Å². The van der Waals surface area contributed by atoms with Gasteiger partial charge in [0.25, 0.3) is 0 Å². The Balaban J connectivity index is 4.04. The van der Waals surface area contributed by atoms with E-state index in [1.165, 1.54) is 122 Å². The van der Waals surface area contributed by atoms with Crippen molar-refractivity contribution in [3.8, 4) is 0 Å². The summed E-state index contributed by atoms with van der Waals surface area (Å²) in [5, 5.41) is 0. The fourth-order valence-electron chi connectivity index (χ4n) is 10.0. The lowest BCUT2D eigenvalue weighted by Gasteiger charge is -2.24. The van der Waals surface area contributed by atoms with Gasteiger partial charge in [-0.2, -0.15) is 0 Å². The molecule has 0 saturated heterocycles. The lowest BCUT2D eigenvalue weighted by atomic mass is 10.0. The Morgan fingerprint density at radius 3 is 0.851 bits per heavy atom. The molecule has 0 heterocycles. The number of phosphoric acid groups is 1. The molecule has 1 N–H and O–H groups in total. The Hall–Kier alpha value is -4.63.